The van der Waals surface area contributed by atoms with E-state index in [4.69, 9.17) is 9.98 Å². The van der Waals surface area contributed by atoms with Crippen LogP contribution in [-0.2, 0) is 0 Å². The zero-order chi connectivity index (χ0) is 28.9. The maximum absolute atomic E-state index is 11.4. The summed E-state index contributed by atoms with van der Waals surface area (Å²) in [5.41, 5.74) is 5.70. The summed E-state index contributed by atoms with van der Waals surface area (Å²) in [5, 5.41) is 27.6. The monoisotopic (exact) mass is 555 g/mol. The molecule has 43 heavy (non-hydrogen) atoms. The van der Waals surface area contributed by atoms with Crippen molar-refractivity contribution in [1.29, 1.82) is 0 Å². The molecule has 0 radical (unpaired) electrons. The van der Waals surface area contributed by atoms with Gasteiger partial charge in [-0.1, -0.05) is 84.9 Å². The van der Waals surface area contributed by atoms with Crippen molar-refractivity contribution in [3.05, 3.63) is 139 Å². The van der Waals surface area contributed by atoms with Gasteiger partial charge in [-0.3, -0.25) is 4.99 Å². The van der Waals surface area contributed by atoms with Gasteiger partial charge < -0.3 is 14.8 Å². The van der Waals surface area contributed by atoms with Crippen LogP contribution in [0, 0.1) is 0 Å². The van der Waals surface area contributed by atoms with Crippen LogP contribution in [0.2, 0.25) is 0 Å². The molecule has 0 amide bonds. The number of rotatable bonds is 4. The molecule has 2 aromatic heterocycles. The molecule has 0 aliphatic heterocycles. The first-order chi connectivity index (χ1) is 21.2. The number of aromatic nitrogens is 2. The smallest absolute Gasteiger partial charge is 0.125 e. The van der Waals surface area contributed by atoms with E-state index in [0.29, 0.717) is 28.0 Å². The van der Waals surface area contributed by atoms with Gasteiger partial charge in [0.2, 0.25) is 0 Å². The van der Waals surface area contributed by atoms with Crippen LogP contribution < -0.4 is 0 Å². The molecule has 2 heterocycles. The molecule has 2 N–H and O–H groups in total. The van der Waals surface area contributed by atoms with Gasteiger partial charge in [0.1, 0.15) is 11.5 Å². The summed E-state index contributed by atoms with van der Waals surface area (Å²) in [4.78, 5) is 9.82. The summed E-state index contributed by atoms with van der Waals surface area (Å²) in [6, 6.07) is 43.6. The largest absolute Gasteiger partial charge is 0.507 e. The van der Waals surface area contributed by atoms with Gasteiger partial charge in [0, 0.05) is 32.8 Å². The molecule has 0 atom stereocenters. The first-order valence-electron chi connectivity index (χ1n) is 14.1. The number of hydrogen-bond acceptors (Lipinski definition) is 4. The third-order valence-corrected chi connectivity index (χ3v) is 8.04. The lowest BCUT2D eigenvalue weighted by molar-refractivity contribution is 0.478. The van der Waals surface area contributed by atoms with Crippen molar-refractivity contribution < 1.29 is 10.2 Å². The van der Waals surface area contributed by atoms with Gasteiger partial charge in [-0.25, -0.2) is 4.98 Å². The molecule has 0 aliphatic carbocycles. The van der Waals surface area contributed by atoms with Crippen molar-refractivity contribution in [2.45, 2.75) is 0 Å². The van der Waals surface area contributed by atoms with Crippen LogP contribution in [0.1, 0.15) is 5.69 Å². The van der Waals surface area contributed by atoms with E-state index in [1.807, 2.05) is 103 Å². The minimum Gasteiger partial charge on any atom is -0.507 e. The Labute approximate surface area is 247 Å². The van der Waals surface area contributed by atoms with Gasteiger partial charge in [0.05, 0.1) is 34.3 Å². The second-order valence-electron chi connectivity index (χ2n) is 10.6. The third kappa shape index (κ3) is 4.10. The second-order valence-corrected chi connectivity index (χ2v) is 10.6. The molecular weight excluding hydrogens is 530 g/mol. The molecule has 5 nitrogen and oxygen atoms in total. The summed E-state index contributed by atoms with van der Waals surface area (Å²) in [6.07, 6.45) is 1.74. The highest BCUT2D eigenvalue weighted by molar-refractivity contribution is 6.11. The molecule has 0 bridgehead atoms. The predicted molar refractivity (Wildman–Crippen MR) is 176 cm³/mol. The van der Waals surface area contributed by atoms with Crippen LogP contribution >= 0.6 is 0 Å². The van der Waals surface area contributed by atoms with Gasteiger partial charge in [0.15, 0.2) is 0 Å². The second kappa shape index (κ2) is 9.86. The van der Waals surface area contributed by atoms with Crippen molar-refractivity contribution >= 4 is 55.3 Å². The van der Waals surface area contributed by atoms with E-state index < -0.39 is 0 Å². The molecule has 0 saturated carbocycles. The molecule has 0 fully saturated rings. The number of aromatic hydroxyl groups is 2. The summed E-state index contributed by atoms with van der Waals surface area (Å²) < 4.78 is 2.23. The summed E-state index contributed by atoms with van der Waals surface area (Å²) in [5.74, 6) is 0.344. The Morgan fingerprint density at radius 1 is 0.581 bits per heavy atom. The van der Waals surface area contributed by atoms with Crippen LogP contribution in [0.15, 0.2) is 138 Å². The summed E-state index contributed by atoms with van der Waals surface area (Å²) >= 11 is 0. The quantitative estimate of drug-likeness (QED) is 0.213. The van der Waals surface area contributed by atoms with Crippen molar-refractivity contribution in [3.63, 3.8) is 0 Å². The van der Waals surface area contributed by atoms with E-state index in [1.54, 1.807) is 12.3 Å². The van der Waals surface area contributed by atoms with Gasteiger partial charge in [0.25, 0.3) is 0 Å². The molecule has 6 aromatic carbocycles. The third-order valence-electron chi connectivity index (χ3n) is 8.04. The number of pyridine rings is 1. The minimum atomic E-state index is 0.160. The average molecular weight is 556 g/mol. The number of phenols is 2. The highest BCUT2D eigenvalue weighted by Gasteiger charge is 2.17. The number of para-hydroxylation sites is 2. The molecule has 204 valence electrons. The van der Waals surface area contributed by atoms with Crippen LogP contribution in [0.3, 0.4) is 0 Å². The zero-order valence-electron chi connectivity index (χ0n) is 23.0. The van der Waals surface area contributed by atoms with Gasteiger partial charge in [-0.05, 0) is 59.3 Å². The molecule has 0 aliphatic rings. The fourth-order valence-electron chi connectivity index (χ4n) is 6.07. The minimum absolute atomic E-state index is 0.160. The SMILES string of the molecule is Oc1cc2c3ccccc3n(-c3ccccc3)c2cc1-c1cc2ccccc2c(C=Nc2cccc3cccc(O)c23)n1. The van der Waals surface area contributed by atoms with Crippen molar-refractivity contribution in [3.8, 4) is 28.4 Å². The van der Waals surface area contributed by atoms with Gasteiger partial charge in [-0.2, -0.15) is 0 Å². The number of phenolic OH excluding ortho intramolecular Hbond substituents is 2. The topological polar surface area (TPSA) is 70.6 Å². The van der Waals surface area contributed by atoms with E-state index in [1.165, 1.54) is 0 Å². The molecular formula is C38H25N3O2. The zero-order valence-corrected chi connectivity index (χ0v) is 23.0. The Balaban J connectivity index is 1.34. The fourth-order valence-corrected chi connectivity index (χ4v) is 6.07. The normalized spacial score (nSPS) is 11.8. The Morgan fingerprint density at radius 2 is 1.30 bits per heavy atom. The first-order valence-corrected chi connectivity index (χ1v) is 14.1. The summed E-state index contributed by atoms with van der Waals surface area (Å²) in [6.45, 7) is 0. The Bertz CT molecular complexity index is 2370. The highest BCUT2D eigenvalue weighted by atomic mass is 16.3. The standard InChI is InChI=1S/C38H25N3O2/c42-36-19-9-12-24-11-8-17-31(38(24)36)39-23-33-27-15-5-4-10-25(27)20-32(40-33)30-21-35-29(22-37(30)43)28-16-6-7-18-34(28)41(35)26-13-2-1-3-14-26/h1-23,42-43H. The Hall–Kier alpha value is -5.94. The number of nitrogens with zero attached hydrogens (tertiary/aromatic N) is 3. The lowest BCUT2D eigenvalue weighted by Gasteiger charge is -2.11. The van der Waals surface area contributed by atoms with E-state index in [9.17, 15) is 10.2 Å². The van der Waals surface area contributed by atoms with Crippen LogP contribution in [0.25, 0.3) is 60.3 Å². The number of benzene rings is 6. The number of fused-ring (bicyclic) bond motifs is 5. The van der Waals surface area contributed by atoms with E-state index in [0.717, 1.165) is 43.7 Å². The first kappa shape index (κ1) is 24.8. The number of aliphatic imine (C=N–C) groups is 1. The molecule has 0 spiro atoms. The summed E-state index contributed by atoms with van der Waals surface area (Å²) in [7, 11) is 0. The predicted octanol–water partition coefficient (Wildman–Crippen LogP) is 9.31. The van der Waals surface area contributed by atoms with Crippen LogP contribution in [-0.4, -0.2) is 26.0 Å². The lowest BCUT2D eigenvalue weighted by atomic mass is 10.0. The van der Waals surface area contributed by atoms with Crippen molar-refractivity contribution in [2.75, 3.05) is 0 Å². The van der Waals surface area contributed by atoms with Crippen molar-refractivity contribution in [2.24, 2.45) is 4.99 Å². The average Bonchev–Trinajstić information content (AvgIpc) is 3.36. The van der Waals surface area contributed by atoms with E-state index in [-0.39, 0.29) is 11.5 Å². The van der Waals surface area contributed by atoms with Gasteiger partial charge >= 0.3 is 0 Å². The molecule has 0 unspecified atom stereocenters. The van der Waals surface area contributed by atoms with Crippen molar-refractivity contribution in [1.82, 2.24) is 9.55 Å². The Morgan fingerprint density at radius 3 is 2.16 bits per heavy atom. The van der Waals surface area contributed by atoms with Crippen LogP contribution in [0.5, 0.6) is 11.5 Å². The van der Waals surface area contributed by atoms with E-state index >= 15 is 0 Å². The molecule has 8 rings (SSSR count). The molecule has 5 heteroatoms. The molecule has 0 saturated heterocycles. The number of hydrogen-bond donors (Lipinski definition) is 2. The van der Waals surface area contributed by atoms with Crippen LogP contribution in [0.4, 0.5) is 5.69 Å². The maximum atomic E-state index is 11.4. The fraction of sp³-hybridized carbons (Fsp3) is 0. The maximum Gasteiger partial charge on any atom is 0.125 e. The van der Waals surface area contributed by atoms with E-state index in [2.05, 4.69) is 28.8 Å². The highest BCUT2D eigenvalue weighted by Crippen LogP contribution is 2.40. The van der Waals surface area contributed by atoms with Gasteiger partial charge in [-0.15, -0.1) is 0 Å². The molecule has 8 aromatic rings. The lowest BCUT2D eigenvalue weighted by Crippen LogP contribution is -1.96. The Kier molecular flexibility index (Phi) is 5.69.